The van der Waals surface area contributed by atoms with Gasteiger partial charge in [0.2, 0.25) is 0 Å². The van der Waals surface area contributed by atoms with E-state index in [9.17, 15) is 22.4 Å². The number of rotatable bonds is 4. The van der Waals surface area contributed by atoms with Crippen molar-refractivity contribution in [3.05, 3.63) is 102 Å². The number of hydrogen-bond acceptors (Lipinski definition) is 3. The van der Waals surface area contributed by atoms with Crippen molar-refractivity contribution in [2.75, 3.05) is 5.32 Å². The average molecular weight is 451 g/mol. The van der Waals surface area contributed by atoms with Crippen LogP contribution in [0.15, 0.2) is 78.9 Å². The summed E-state index contributed by atoms with van der Waals surface area (Å²) < 4.78 is 51.7. The zero-order valence-corrected chi connectivity index (χ0v) is 17.3. The number of nitrogens with one attached hydrogen (secondary N) is 1. The number of nitrogens with zero attached hydrogens (tertiary/aromatic N) is 2. The minimum absolute atomic E-state index is 0.0212. The largest absolute Gasteiger partial charge is 0.433 e. The van der Waals surface area contributed by atoms with Crippen molar-refractivity contribution in [1.29, 1.82) is 0 Å². The summed E-state index contributed by atoms with van der Waals surface area (Å²) >= 11 is 0. The molecule has 166 valence electrons. The third-order valence-corrected chi connectivity index (χ3v) is 4.93. The molecule has 2 heterocycles. The van der Waals surface area contributed by atoms with Gasteiger partial charge in [0, 0.05) is 16.8 Å². The molecule has 0 saturated heterocycles. The second-order valence-electron chi connectivity index (χ2n) is 7.28. The summed E-state index contributed by atoms with van der Waals surface area (Å²) in [6.45, 7) is 1.35. The van der Waals surface area contributed by atoms with E-state index in [1.165, 1.54) is 19.1 Å². The minimum atomic E-state index is -4.58. The van der Waals surface area contributed by atoms with E-state index in [2.05, 4.69) is 15.3 Å². The standard InChI is InChI=1S/C25H17F4N3O/c1-15-20(12-13-23(30-15)25(27,28)29)24(33)31-19-5-2-4-17(14-19)22-7-3-6-21(32-22)16-8-10-18(26)11-9-16/h2-14H,1H3,(H,31,33). The first kappa shape index (κ1) is 22.1. The first-order valence-electron chi connectivity index (χ1n) is 9.90. The fourth-order valence-corrected chi connectivity index (χ4v) is 3.29. The van der Waals surface area contributed by atoms with Gasteiger partial charge in [0.15, 0.2) is 0 Å². The Labute approximate surface area is 187 Å². The zero-order chi connectivity index (χ0) is 23.6. The molecule has 8 heteroatoms. The van der Waals surface area contributed by atoms with Crippen LogP contribution in [0.3, 0.4) is 0 Å². The lowest BCUT2D eigenvalue weighted by Gasteiger charge is -2.11. The third kappa shape index (κ3) is 5.06. The molecule has 0 atom stereocenters. The van der Waals surface area contributed by atoms with Gasteiger partial charge in [-0.05, 0) is 67.6 Å². The lowest BCUT2D eigenvalue weighted by Crippen LogP contribution is -2.16. The fourth-order valence-electron chi connectivity index (χ4n) is 3.29. The van der Waals surface area contributed by atoms with E-state index in [1.807, 2.05) is 18.2 Å². The van der Waals surface area contributed by atoms with Gasteiger partial charge in [0.1, 0.15) is 11.5 Å². The molecular formula is C25H17F4N3O. The molecule has 1 N–H and O–H groups in total. The molecule has 0 bridgehead atoms. The van der Waals surface area contributed by atoms with E-state index >= 15 is 0 Å². The number of halogens is 4. The van der Waals surface area contributed by atoms with Gasteiger partial charge in [-0.25, -0.2) is 14.4 Å². The molecule has 0 fully saturated rings. The molecule has 2 aromatic carbocycles. The van der Waals surface area contributed by atoms with Crippen molar-refractivity contribution >= 4 is 11.6 Å². The normalized spacial score (nSPS) is 11.3. The third-order valence-electron chi connectivity index (χ3n) is 4.93. The molecule has 0 radical (unpaired) electrons. The lowest BCUT2D eigenvalue weighted by atomic mass is 10.1. The van der Waals surface area contributed by atoms with Gasteiger partial charge >= 0.3 is 6.18 Å². The highest BCUT2D eigenvalue weighted by Crippen LogP contribution is 2.29. The van der Waals surface area contributed by atoms with Gasteiger partial charge in [0.05, 0.1) is 22.6 Å². The first-order chi connectivity index (χ1) is 15.7. The Hall–Kier alpha value is -4.07. The van der Waals surface area contributed by atoms with Crippen molar-refractivity contribution in [3.8, 4) is 22.5 Å². The van der Waals surface area contributed by atoms with Gasteiger partial charge < -0.3 is 5.32 Å². The average Bonchev–Trinajstić information content (AvgIpc) is 2.79. The summed E-state index contributed by atoms with van der Waals surface area (Å²) in [5.74, 6) is -0.907. The highest BCUT2D eigenvalue weighted by molar-refractivity contribution is 6.05. The summed E-state index contributed by atoms with van der Waals surface area (Å²) in [5, 5.41) is 2.69. The topological polar surface area (TPSA) is 54.9 Å². The van der Waals surface area contributed by atoms with Gasteiger partial charge in [-0.1, -0.05) is 18.2 Å². The van der Waals surface area contributed by atoms with Crippen LogP contribution in [0.4, 0.5) is 23.2 Å². The predicted molar refractivity (Wildman–Crippen MR) is 117 cm³/mol. The molecule has 0 aliphatic rings. The van der Waals surface area contributed by atoms with Crippen LogP contribution in [0.1, 0.15) is 21.7 Å². The summed E-state index contributed by atoms with van der Waals surface area (Å²) in [6, 6.07) is 20.2. The van der Waals surface area contributed by atoms with Gasteiger partial charge in [-0.2, -0.15) is 13.2 Å². The summed E-state index contributed by atoms with van der Waals surface area (Å²) in [6.07, 6.45) is -4.58. The number of anilines is 1. The summed E-state index contributed by atoms with van der Waals surface area (Å²) in [7, 11) is 0. The molecule has 0 aliphatic heterocycles. The summed E-state index contributed by atoms with van der Waals surface area (Å²) in [5.41, 5.74) is 2.20. The maximum atomic E-state index is 13.2. The van der Waals surface area contributed by atoms with Crippen LogP contribution in [-0.4, -0.2) is 15.9 Å². The predicted octanol–water partition coefficient (Wildman–Crippen LogP) is 6.53. The highest BCUT2D eigenvalue weighted by atomic mass is 19.4. The van der Waals surface area contributed by atoms with E-state index in [0.29, 0.717) is 17.1 Å². The molecule has 0 saturated carbocycles. The van der Waals surface area contributed by atoms with Crippen molar-refractivity contribution in [1.82, 2.24) is 9.97 Å². The molecular weight excluding hydrogens is 434 g/mol. The molecule has 4 aromatic rings. The molecule has 4 nitrogen and oxygen atoms in total. The van der Waals surface area contributed by atoms with Crippen LogP contribution in [-0.2, 0) is 6.18 Å². The van der Waals surface area contributed by atoms with Gasteiger partial charge in [-0.15, -0.1) is 0 Å². The monoisotopic (exact) mass is 451 g/mol. The number of aryl methyl sites for hydroxylation is 1. The number of aromatic nitrogens is 2. The molecule has 2 aromatic heterocycles. The van der Waals surface area contributed by atoms with Crippen molar-refractivity contribution in [3.63, 3.8) is 0 Å². The van der Waals surface area contributed by atoms with Crippen LogP contribution < -0.4 is 5.32 Å². The minimum Gasteiger partial charge on any atom is -0.322 e. The van der Waals surface area contributed by atoms with Crippen molar-refractivity contribution in [2.24, 2.45) is 0 Å². The number of amides is 1. The Morgan fingerprint density at radius 2 is 1.48 bits per heavy atom. The molecule has 0 aliphatic carbocycles. The number of pyridine rings is 2. The van der Waals surface area contributed by atoms with E-state index in [4.69, 9.17) is 0 Å². The van der Waals surface area contributed by atoms with Gasteiger partial charge in [-0.3, -0.25) is 4.79 Å². The Morgan fingerprint density at radius 1 is 0.818 bits per heavy atom. The lowest BCUT2D eigenvalue weighted by molar-refractivity contribution is -0.141. The van der Waals surface area contributed by atoms with Crippen molar-refractivity contribution < 1.29 is 22.4 Å². The van der Waals surface area contributed by atoms with E-state index in [-0.39, 0.29) is 17.1 Å². The van der Waals surface area contributed by atoms with Crippen LogP contribution >= 0.6 is 0 Å². The Bertz CT molecular complexity index is 1320. The van der Waals surface area contributed by atoms with Crippen LogP contribution in [0, 0.1) is 12.7 Å². The second-order valence-corrected chi connectivity index (χ2v) is 7.28. The van der Waals surface area contributed by atoms with E-state index < -0.39 is 17.8 Å². The smallest absolute Gasteiger partial charge is 0.322 e. The quantitative estimate of drug-likeness (QED) is 0.359. The number of carbonyl (C=O) groups is 1. The van der Waals surface area contributed by atoms with Gasteiger partial charge in [0.25, 0.3) is 5.91 Å². The molecule has 0 spiro atoms. The maximum Gasteiger partial charge on any atom is 0.433 e. The molecule has 33 heavy (non-hydrogen) atoms. The first-order valence-corrected chi connectivity index (χ1v) is 9.90. The SMILES string of the molecule is Cc1nc(C(F)(F)F)ccc1C(=O)Nc1cccc(-c2cccc(-c3ccc(F)cc3)n2)c1. The highest BCUT2D eigenvalue weighted by Gasteiger charge is 2.33. The Kier molecular flexibility index (Phi) is 5.91. The van der Waals surface area contributed by atoms with E-state index in [1.54, 1.807) is 36.4 Å². The van der Waals surface area contributed by atoms with Crippen LogP contribution in [0.5, 0.6) is 0 Å². The number of alkyl halides is 3. The zero-order valence-electron chi connectivity index (χ0n) is 17.3. The van der Waals surface area contributed by atoms with Crippen LogP contribution in [0.2, 0.25) is 0 Å². The molecule has 0 unspecified atom stereocenters. The number of hydrogen-bond donors (Lipinski definition) is 1. The second kappa shape index (κ2) is 8.82. The van der Waals surface area contributed by atoms with Crippen LogP contribution in [0.25, 0.3) is 22.5 Å². The fraction of sp³-hybridized carbons (Fsp3) is 0.0800. The number of benzene rings is 2. The molecule has 4 rings (SSSR count). The van der Waals surface area contributed by atoms with E-state index in [0.717, 1.165) is 23.3 Å². The number of carbonyl (C=O) groups excluding carboxylic acids is 1. The Morgan fingerprint density at radius 3 is 2.15 bits per heavy atom. The Balaban J connectivity index is 1.57. The maximum absolute atomic E-state index is 13.2. The summed E-state index contributed by atoms with van der Waals surface area (Å²) in [4.78, 5) is 20.7. The molecule has 1 amide bonds. The van der Waals surface area contributed by atoms with Crippen molar-refractivity contribution in [2.45, 2.75) is 13.1 Å².